The fourth-order valence-corrected chi connectivity index (χ4v) is 2.58. The Balaban J connectivity index is 1.90. The van der Waals surface area contributed by atoms with E-state index in [-0.39, 0.29) is 29.8 Å². The van der Waals surface area contributed by atoms with Crippen molar-refractivity contribution in [1.29, 1.82) is 0 Å². The highest BCUT2D eigenvalue weighted by Gasteiger charge is 2.28. The van der Waals surface area contributed by atoms with Crippen LogP contribution in [0.1, 0.15) is 19.3 Å². The second kappa shape index (κ2) is 7.06. The molecule has 0 aliphatic carbocycles. The summed E-state index contributed by atoms with van der Waals surface area (Å²) in [7, 11) is 1.37. The monoisotopic (exact) mass is 292 g/mol. The minimum Gasteiger partial charge on any atom is -0.469 e. The molecule has 2 heterocycles. The summed E-state index contributed by atoms with van der Waals surface area (Å²) in [6.07, 6.45) is 3.49. The second-order valence-electron chi connectivity index (χ2n) is 5.18. The van der Waals surface area contributed by atoms with Crippen molar-refractivity contribution in [3.05, 3.63) is 34.7 Å². The molecule has 0 N–H and O–H groups in total. The predicted octanol–water partition coefficient (Wildman–Crippen LogP) is 0.650. The van der Waals surface area contributed by atoms with E-state index in [0.29, 0.717) is 19.6 Å². The fraction of sp³-hybridized carbons (Fsp3) is 0.533. The Labute approximate surface area is 123 Å². The number of nitrogens with zero attached hydrogens (tertiary/aromatic N) is 2. The lowest BCUT2D eigenvalue weighted by Gasteiger charge is -2.31. The van der Waals surface area contributed by atoms with Crippen LogP contribution in [0.25, 0.3) is 0 Å². The molecule has 6 nitrogen and oxygen atoms in total. The number of amides is 1. The fourth-order valence-electron chi connectivity index (χ4n) is 2.58. The smallest absolute Gasteiger partial charge is 0.310 e. The van der Waals surface area contributed by atoms with E-state index < -0.39 is 0 Å². The molecule has 1 fully saturated rings. The van der Waals surface area contributed by atoms with E-state index in [1.54, 1.807) is 23.2 Å². The topological polar surface area (TPSA) is 68.6 Å². The molecule has 1 atom stereocenters. The molecule has 1 aliphatic rings. The number of carbonyl (C=O) groups excluding carboxylic acids is 2. The number of pyridine rings is 1. The Morgan fingerprint density at radius 3 is 2.90 bits per heavy atom. The maximum Gasteiger partial charge on any atom is 0.310 e. The molecule has 1 aliphatic heterocycles. The van der Waals surface area contributed by atoms with Gasteiger partial charge in [0, 0.05) is 38.3 Å². The van der Waals surface area contributed by atoms with E-state index in [9.17, 15) is 14.4 Å². The molecule has 0 spiro atoms. The number of ether oxygens (including phenoxy) is 1. The Morgan fingerprint density at radius 1 is 1.38 bits per heavy atom. The summed E-state index contributed by atoms with van der Waals surface area (Å²) in [6.45, 7) is 1.43. The molecule has 1 aromatic rings. The van der Waals surface area contributed by atoms with Gasteiger partial charge in [0.2, 0.25) is 5.91 Å². The molecular formula is C15H20N2O4. The largest absolute Gasteiger partial charge is 0.469 e. The molecule has 6 heteroatoms. The molecule has 0 radical (unpaired) electrons. The summed E-state index contributed by atoms with van der Waals surface area (Å²) in [4.78, 5) is 37.0. The third-order valence-corrected chi connectivity index (χ3v) is 3.77. The van der Waals surface area contributed by atoms with Crippen molar-refractivity contribution in [2.24, 2.45) is 5.92 Å². The van der Waals surface area contributed by atoms with Gasteiger partial charge in [-0.2, -0.15) is 0 Å². The summed E-state index contributed by atoms with van der Waals surface area (Å²) in [5.74, 6) is -0.515. The number of rotatable bonds is 4. The lowest BCUT2D eigenvalue weighted by atomic mass is 9.98. The van der Waals surface area contributed by atoms with Gasteiger partial charge in [-0.15, -0.1) is 0 Å². The third kappa shape index (κ3) is 3.93. The number of esters is 1. The van der Waals surface area contributed by atoms with Crippen molar-refractivity contribution in [2.75, 3.05) is 20.2 Å². The first-order chi connectivity index (χ1) is 10.1. The molecule has 0 bridgehead atoms. The van der Waals surface area contributed by atoms with Gasteiger partial charge >= 0.3 is 5.97 Å². The van der Waals surface area contributed by atoms with Crippen LogP contribution < -0.4 is 5.56 Å². The molecule has 1 amide bonds. The normalized spacial score (nSPS) is 18.3. The van der Waals surface area contributed by atoms with Crippen molar-refractivity contribution in [2.45, 2.75) is 25.8 Å². The number of likely N-dealkylation sites (tertiary alicyclic amines) is 1. The lowest BCUT2D eigenvalue weighted by molar-refractivity contribution is -0.149. The highest BCUT2D eigenvalue weighted by molar-refractivity contribution is 5.78. The summed E-state index contributed by atoms with van der Waals surface area (Å²) in [6, 6.07) is 4.91. The minimum atomic E-state index is -0.258. The van der Waals surface area contributed by atoms with E-state index >= 15 is 0 Å². The SMILES string of the molecule is COC(=O)[C@H]1CCCN(C(=O)CCn2ccccc2=O)C1. The number of carbonyl (C=O) groups is 2. The minimum absolute atomic E-state index is 0.0284. The second-order valence-corrected chi connectivity index (χ2v) is 5.18. The number of hydrogen-bond acceptors (Lipinski definition) is 4. The van der Waals surface area contributed by atoms with Crippen molar-refractivity contribution >= 4 is 11.9 Å². The molecule has 21 heavy (non-hydrogen) atoms. The van der Waals surface area contributed by atoms with Gasteiger partial charge in [-0.25, -0.2) is 0 Å². The first-order valence-corrected chi connectivity index (χ1v) is 7.13. The van der Waals surface area contributed by atoms with Gasteiger partial charge in [0.05, 0.1) is 13.0 Å². The van der Waals surface area contributed by atoms with E-state index in [1.165, 1.54) is 17.7 Å². The lowest BCUT2D eigenvalue weighted by Crippen LogP contribution is -2.43. The van der Waals surface area contributed by atoms with Crippen molar-refractivity contribution in [1.82, 2.24) is 9.47 Å². The summed E-state index contributed by atoms with van der Waals surface area (Å²) >= 11 is 0. The van der Waals surface area contributed by atoms with E-state index in [0.717, 1.165) is 12.8 Å². The average molecular weight is 292 g/mol. The number of aryl methyl sites for hydroxylation is 1. The van der Waals surface area contributed by atoms with Crippen LogP contribution in [0.2, 0.25) is 0 Å². The quantitative estimate of drug-likeness (QED) is 0.764. The highest BCUT2D eigenvalue weighted by atomic mass is 16.5. The van der Waals surface area contributed by atoms with Crippen LogP contribution in [0.3, 0.4) is 0 Å². The third-order valence-electron chi connectivity index (χ3n) is 3.77. The van der Waals surface area contributed by atoms with Crippen LogP contribution in [0.15, 0.2) is 29.2 Å². The molecule has 0 saturated carbocycles. The van der Waals surface area contributed by atoms with Crippen LogP contribution in [0.5, 0.6) is 0 Å². The van der Waals surface area contributed by atoms with Gasteiger partial charge < -0.3 is 14.2 Å². The zero-order chi connectivity index (χ0) is 15.2. The van der Waals surface area contributed by atoms with Gasteiger partial charge in [0.15, 0.2) is 0 Å². The highest BCUT2D eigenvalue weighted by Crippen LogP contribution is 2.18. The molecule has 114 valence electrons. The van der Waals surface area contributed by atoms with E-state index in [4.69, 9.17) is 4.74 Å². The van der Waals surface area contributed by atoms with E-state index in [1.807, 2.05) is 0 Å². The number of hydrogen-bond donors (Lipinski definition) is 0. The van der Waals surface area contributed by atoms with Crippen LogP contribution >= 0.6 is 0 Å². The summed E-state index contributed by atoms with van der Waals surface area (Å²) in [5.41, 5.74) is -0.114. The van der Waals surface area contributed by atoms with Crippen molar-refractivity contribution in [3.63, 3.8) is 0 Å². The Hall–Kier alpha value is -2.11. The Bertz CT molecular complexity index is 567. The van der Waals surface area contributed by atoms with E-state index in [2.05, 4.69) is 0 Å². The summed E-state index contributed by atoms with van der Waals surface area (Å²) < 4.78 is 6.25. The van der Waals surface area contributed by atoms with Gasteiger partial charge in [-0.1, -0.05) is 6.07 Å². The number of methoxy groups -OCH3 is 1. The number of piperidine rings is 1. The van der Waals surface area contributed by atoms with Crippen LogP contribution in [-0.2, 0) is 20.9 Å². The van der Waals surface area contributed by atoms with Crippen LogP contribution in [-0.4, -0.2) is 41.5 Å². The van der Waals surface area contributed by atoms with Crippen molar-refractivity contribution < 1.29 is 14.3 Å². The standard InChI is InChI=1S/C15H20N2O4/c1-21-15(20)12-5-4-9-17(11-12)14(19)7-10-16-8-3-2-6-13(16)18/h2-3,6,8,12H,4-5,7,9-11H2,1H3/t12-/m0/s1. The van der Waals surface area contributed by atoms with Crippen LogP contribution in [0.4, 0.5) is 0 Å². The van der Waals surface area contributed by atoms with Gasteiger partial charge in [-0.3, -0.25) is 14.4 Å². The van der Waals surface area contributed by atoms with Gasteiger partial charge in [0.25, 0.3) is 5.56 Å². The summed E-state index contributed by atoms with van der Waals surface area (Å²) in [5, 5.41) is 0. The van der Waals surface area contributed by atoms with Gasteiger partial charge in [0.1, 0.15) is 0 Å². The maximum atomic E-state index is 12.2. The molecular weight excluding hydrogens is 272 g/mol. The zero-order valence-electron chi connectivity index (χ0n) is 12.2. The maximum absolute atomic E-state index is 12.2. The number of aromatic nitrogens is 1. The molecule has 1 aromatic heterocycles. The first kappa shape index (κ1) is 15.3. The molecule has 0 aromatic carbocycles. The van der Waals surface area contributed by atoms with Crippen LogP contribution in [0, 0.1) is 5.92 Å². The molecule has 0 unspecified atom stereocenters. The zero-order valence-corrected chi connectivity index (χ0v) is 12.2. The Kier molecular flexibility index (Phi) is 5.14. The first-order valence-electron chi connectivity index (χ1n) is 7.13. The molecule has 1 saturated heterocycles. The molecule has 2 rings (SSSR count). The Morgan fingerprint density at radius 2 is 2.19 bits per heavy atom. The predicted molar refractivity (Wildman–Crippen MR) is 76.6 cm³/mol. The van der Waals surface area contributed by atoms with Gasteiger partial charge in [-0.05, 0) is 18.9 Å². The van der Waals surface area contributed by atoms with Crippen molar-refractivity contribution in [3.8, 4) is 0 Å². The average Bonchev–Trinajstić information content (AvgIpc) is 2.53.